The van der Waals surface area contributed by atoms with Gasteiger partial charge in [0.1, 0.15) is 5.57 Å². The lowest BCUT2D eigenvalue weighted by molar-refractivity contribution is -0.150. The molecular weight excluding hydrogens is 418 g/mol. The quantitative estimate of drug-likeness (QED) is 0.141. The van der Waals surface area contributed by atoms with Crippen molar-refractivity contribution in [2.75, 3.05) is 6.61 Å². The summed E-state index contributed by atoms with van der Waals surface area (Å²) in [5.74, 6) is -4.03. The number of hydrogen-bond donors (Lipinski definition) is 2. The predicted octanol–water partition coefficient (Wildman–Crippen LogP) is 4.85. The fourth-order valence-corrected chi connectivity index (χ4v) is 3.86. The molecule has 2 N–H and O–H groups in total. The highest BCUT2D eigenvalue weighted by Crippen LogP contribution is 2.40. The first-order chi connectivity index (χ1) is 16.0. The Balaban J connectivity index is 2.19. The van der Waals surface area contributed by atoms with Gasteiger partial charge in [-0.1, -0.05) is 78.9 Å². The van der Waals surface area contributed by atoms with Gasteiger partial charge in [0.25, 0.3) is 5.78 Å². The molecule has 33 heavy (non-hydrogen) atoms. The molecule has 0 aliphatic rings. The highest BCUT2D eigenvalue weighted by Gasteiger charge is 2.33. The number of rotatable bonds is 7. The number of carbonyl (C=O) groups is 3. The number of fused-ring (bicyclic) bond motifs is 1. The van der Waals surface area contributed by atoms with Crippen LogP contribution in [0.2, 0.25) is 0 Å². The number of hydrogen-bond acceptors (Lipinski definition) is 4. The summed E-state index contributed by atoms with van der Waals surface area (Å²) in [4.78, 5) is 41.0. The minimum absolute atomic E-state index is 0.00324. The van der Waals surface area contributed by atoms with Gasteiger partial charge in [-0.05, 0) is 24.1 Å². The molecule has 3 aromatic carbocycles. The second-order valence-electron chi connectivity index (χ2n) is 7.26. The maximum atomic E-state index is 13.0. The van der Waals surface area contributed by atoms with E-state index >= 15 is 0 Å². The van der Waals surface area contributed by atoms with E-state index < -0.39 is 23.3 Å². The largest absolute Gasteiger partial charge is 0.475 e. The molecule has 0 radical (unpaired) electrons. The number of ether oxygens (including phenoxy) is 1. The van der Waals surface area contributed by atoms with Crippen LogP contribution in [0.1, 0.15) is 18.1 Å². The molecule has 4 aromatic rings. The monoisotopic (exact) mass is 439 g/mol. The van der Waals surface area contributed by atoms with Crippen LogP contribution in [0.15, 0.2) is 90.5 Å². The van der Waals surface area contributed by atoms with E-state index in [1.807, 2.05) is 54.6 Å². The number of nitrogens with one attached hydrogen (secondary N) is 1. The van der Waals surface area contributed by atoms with Crippen molar-refractivity contribution in [3.05, 3.63) is 102 Å². The topological polar surface area (TPSA) is 96.5 Å². The smallest absolute Gasteiger partial charge is 0.377 e. The lowest BCUT2D eigenvalue weighted by Crippen LogP contribution is -2.24. The summed E-state index contributed by atoms with van der Waals surface area (Å²) < 4.78 is 5.14. The fraction of sp³-hybridized carbons (Fsp3) is 0.0741. The van der Waals surface area contributed by atoms with E-state index in [4.69, 9.17) is 4.74 Å². The summed E-state index contributed by atoms with van der Waals surface area (Å²) in [5.41, 5.74) is 3.04. The third-order valence-electron chi connectivity index (χ3n) is 5.23. The number of aromatic nitrogens is 1. The van der Waals surface area contributed by atoms with Crippen LogP contribution in [0.5, 0.6) is 0 Å². The van der Waals surface area contributed by atoms with Gasteiger partial charge in [-0.25, -0.2) is 9.59 Å². The van der Waals surface area contributed by atoms with Crippen molar-refractivity contribution in [1.82, 2.24) is 4.98 Å². The van der Waals surface area contributed by atoms with E-state index in [1.54, 1.807) is 37.3 Å². The zero-order valence-corrected chi connectivity index (χ0v) is 17.9. The number of H-pyrrole nitrogens is 1. The number of carboxylic acids is 1. The minimum Gasteiger partial charge on any atom is -0.475 e. The van der Waals surface area contributed by atoms with Gasteiger partial charge < -0.3 is 14.8 Å². The van der Waals surface area contributed by atoms with Gasteiger partial charge in [0.05, 0.1) is 12.3 Å². The molecule has 4 rings (SSSR count). The highest BCUT2D eigenvalue weighted by atomic mass is 16.5. The van der Waals surface area contributed by atoms with Crippen LogP contribution < -0.4 is 0 Å². The van der Waals surface area contributed by atoms with Crippen molar-refractivity contribution in [3.8, 4) is 11.3 Å². The summed E-state index contributed by atoms with van der Waals surface area (Å²) in [6.45, 7) is 1.60. The first kappa shape index (κ1) is 21.8. The maximum absolute atomic E-state index is 13.0. The molecule has 0 saturated heterocycles. The SMILES string of the molecule is CCOC(=O)/C(C(=O)C(=O)O)=C(\c1ccccc1)c1c(-c2ccccc2)[nH]c2ccccc12. The normalized spacial score (nSPS) is 11.7. The molecule has 164 valence electrons. The van der Waals surface area contributed by atoms with E-state index in [1.165, 1.54) is 0 Å². The van der Waals surface area contributed by atoms with Gasteiger partial charge in [0.15, 0.2) is 0 Å². The lowest BCUT2D eigenvalue weighted by atomic mass is 9.88. The Morgan fingerprint density at radius 3 is 2.09 bits per heavy atom. The fourth-order valence-electron chi connectivity index (χ4n) is 3.86. The average Bonchev–Trinajstić information content (AvgIpc) is 3.22. The molecule has 0 spiro atoms. The summed E-state index contributed by atoms with van der Waals surface area (Å²) in [5, 5.41) is 10.3. The van der Waals surface area contributed by atoms with Crippen LogP contribution in [-0.4, -0.2) is 34.4 Å². The number of aromatic amines is 1. The number of Topliss-reactive ketones (excluding diaryl/α,β-unsaturated/α-hetero) is 1. The van der Waals surface area contributed by atoms with Crippen molar-refractivity contribution < 1.29 is 24.2 Å². The Bertz CT molecular complexity index is 1370. The van der Waals surface area contributed by atoms with Crippen LogP contribution in [0.4, 0.5) is 0 Å². The van der Waals surface area contributed by atoms with Gasteiger partial charge in [-0.15, -0.1) is 0 Å². The molecule has 0 atom stereocenters. The number of ketones is 1. The highest BCUT2D eigenvalue weighted by molar-refractivity contribution is 6.48. The Morgan fingerprint density at radius 1 is 0.848 bits per heavy atom. The van der Waals surface area contributed by atoms with Crippen LogP contribution in [-0.2, 0) is 19.1 Å². The predicted molar refractivity (Wildman–Crippen MR) is 125 cm³/mol. The van der Waals surface area contributed by atoms with E-state index in [0.717, 1.165) is 16.5 Å². The Labute approximate surface area is 190 Å². The third kappa shape index (κ3) is 4.19. The van der Waals surface area contributed by atoms with Crippen molar-refractivity contribution in [2.24, 2.45) is 0 Å². The first-order valence-corrected chi connectivity index (χ1v) is 10.4. The molecule has 0 aliphatic carbocycles. The van der Waals surface area contributed by atoms with Gasteiger partial charge in [-0.2, -0.15) is 0 Å². The van der Waals surface area contributed by atoms with Gasteiger partial charge in [0.2, 0.25) is 0 Å². The molecule has 6 heteroatoms. The van der Waals surface area contributed by atoms with Crippen molar-refractivity contribution in [2.45, 2.75) is 6.92 Å². The summed E-state index contributed by atoms with van der Waals surface area (Å²) >= 11 is 0. The standard InChI is InChI=1S/C27H21NO5/c1-2-33-27(32)23(25(29)26(30)31)21(17-11-5-3-6-12-17)22-19-15-9-10-16-20(19)28-24(22)18-13-7-4-8-14-18/h3-16,28H,2H2,1H3,(H,30,31)/b23-21+. The van der Waals surface area contributed by atoms with E-state index in [0.29, 0.717) is 16.8 Å². The average molecular weight is 439 g/mol. The summed E-state index contributed by atoms with van der Waals surface area (Å²) in [6.07, 6.45) is 0. The molecule has 6 nitrogen and oxygen atoms in total. The van der Waals surface area contributed by atoms with Crippen molar-refractivity contribution >= 4 is 34.2 Å². The molecule has 1 heterocycles. The van der Waals surface area contributed by atoms with Crippen LogP contribution >= 0.6 is 0 Å². The molecule has 0 bridgehead atoms. The number of benzene rings is 3. The lowest BCUT2D eigenvalue weighted by Gasteiger charge is -2.15. The zero-order valence-electron chi connectivity index (χ0n) is 17.9. The van der Waals surface area contributed by atoms with Gasteiger partial charge in [0, 0.05) is 22.0 Å². The third-order valence-corrected chi connectivity index (χ3v) is 5.23. The number of esters is 1. The van der Waals surface area contributed by atoms with Gasteiger partial charge in [-0.3, -0.25) is 4.79 Å². The Kier molecular flexibility index (Phi) is 6.17. The molecular formula is C27H21NO5. The maximum Gasteiger partial charge on any atom is 0.377 e. The first-order valence-electron chi connectivity index (χ1n) is 10.4. The molecule has 0 unspecified atom stereocenters. The Hall–Kier alpha value is -4.45. The number of aliphatic carboxylic acids is 1. The van der Waals surface area contributed by atoms with E-state index in [2.05, 4.69) is 4.98 Å². The molecule has 0 aliphatic heterocycles. The molecule has 0 fully saturated rings. The molecule has 1 aromatic heterocycles. The van der Waals surface area contributed by atoms with E-state index in [-0.39, 0.29) is 12.2 Å². The van der Waals surface area contributed by atoms with Crippen LogP contribution in [0.25, 0.3) is 27.7 Å². The second kappa shape index (κ2) is 9.36. The molecule has 0 saturated carbocycles. The van der Waals surface area contributed by atoms with Crippen molar-refractivity contribution in [3.63, 3.8) is 0 Å². The van der Waals surface area contributed by atoms with Crippen LogP contribution in [0, 0.1) is 0 Å². The molecule has 0 amide bonds. The second-order valence-corrected chi connectivity index (χ2v) is 7.26. The Morgan fingerprint density at radius 2 is 1.45 bits per heavy atom. The number of para-hydroxylation sites is 1. The van der Waals surface area contributed by atoms with Crippen LogP contribution in [0.3, 0.4) is 0 Å². The van der Waals surface area contributed by atoms with E-state index in [9.17, 15) is 19.5 Å². The summed E-state index contributed by atoms with van der Waals surface area (Å²) in [7, 11) is 0. The zero-order chi connectivity index (χ0) is 23.4. The van der Waals surface area contributed by atoms with Crippen molar-refractivity contribution in [1.29, 1.82) is 0 Å². The minimum atomic E-state index is -1.73. The number of carboxylic acid groups (broad SMARTS) is 1. The summed E-state index contributed by atoms with van der Waals surface area (Å²) in [6, 6.07) is 25.7. The van der Waals surface area contributed by atoms with Gasteiger partial charge >= 0.3 is 11.9 Å². The number of carbonyl (C=O) groups excluding carboxylic acids is 2.